The van der Waals surface area contributed by atoms with Crippen molar-refractivity contribution in [3.63, 3.8) is 0 Å². The van der Waals surface area contributed by atoms with Crippen LogP contribution in [-0.2, 0) is 0 Å². The van der Waals surface area contributed by atoms with E-state index in [2.05, 4.69) is 0 Å². The Hall–Kier alpha value is -4.84. The van der Waals surface area contributed by atoms with Gasteiger partial charge in [-0.25, -0.2) is 9.59 Å². The van der Waals surface area contributed by atoms with Crippen molar-refractivity contribution in [2.45, 2.75) is 11.8 Å². The van der Waals surface area contributed by atoms with Crippen molar-refractivity contribution >= 4 is 23.5 Å². The summed E-state index contributed by atoms with van der Waals surface area (Å²) in [5, 5.41) is 18.7. The summed E-state index contributed by atoms with van der Waals surface area (Å²) in [6, 6.07) is 30.4. The molecule has 4 aromatic carbocycles. The third kappa shape index (κ3) is 4.52. The standard InChI is InChI=1S/C32H24O6/c33-29(21-7-3-1-4-8-21)27-25(19-11-15-23(16-12-19)31(35)36)26(20-13-17-24(18-14-20)32(37)38)28(27)30(34)22-9-5-2-6-10-22/h1-18,25-28H,(H,35,36)(H,37,38)/t25-,26?,27?,28+/m0/s1. The van der Waals surface area contributed by atoms with Crippen LogP contribution >= 0.6 is 0 Å². The molecule has 0 saturated heterocycles. The lowest BCUT2D eigenvalue weighted by Crippen LogP contribution is -2.51. The zero-order valence-electron chi connectivity index (χ0n) is 20.2. The van der Waals surface area contributed by atoms with Gasteiger partial charge in [0.05, 0.1) is 11.1 Å². The average Bonchev–Trinajstić information content (AvgIpc) is 2.94. The molecule has 38 heavy (non-hydrogen) atoms. The molecule has 0 aliphatic heterocycles. The molecule has 2 unspecified atom stereocenters. The number of carbonyl (C=O) groups is 4. The zero-order chi connectivity index (χ0) is 26.8. The summed E-state index contributed by atoms with van der Waals surface area (Å²) in [6.45, 7) is 0. The normalized spacial score (nSPS) is 20.2. The van der Waals surface area contributed by atoms with E-state index in [0.29, 0.717) is 11.1 Å². The van der Waals surface area contributed by atoms with E-state index in [-0.39, 0.29) is 22.7 Å². The summed E-state index contributed by atoms with van der Waals surface area (Å²) in [7, 11) is 0. The van der Waals surface area contributed by atoms with E-state index in [4.69, 9.17) is 0 Å². The predicted molar refractivity (Wildman–Crippen MR) is 141 cm³/mol. The molecule has 1 saturated carbocycles. The van der Waals surface area contributed by atoms with Gasteiger partial charge in [0.25, 0.3) is 0 Å². The minimum Gasteiger partial charge on any atom is -0.478 e. The number of aromatic carboxylic acids is 2. The van der Waals surface area contributed by atoms with Crippen LogP contribution in [0.4, 0.5) is 0 Å². The molecule has 4 aromatic rings. The van der Waals surface area contributed by atoms with Gasteiger partial charge in [-0.1, -0.05) is 84.9 Å². The van der Waals surface area contributed by atoms with Crippen LogP contribution in [0.25, 0.3) is 0 Å². The largest absolute Gasteiger partial charge is 0.478 e. The van der Waals surface area contributed by atoms with Crippen molar-refractivity contribution in [2.24, 2.45) is 11.8 Å². The van der Waals surface area contributed by atoms with Crippen LogP contribution in [0, 0.1) is 11.8 Å². The van der Waals surface area contributed by atoms with Gasteiger partial charge in [-0.3, -0.25) is 9.59 Å². The maximum Gasteiger partial charge on any atom is 0.335 e. The maximum absolute atomic E-state index is 13.9. The Morgan fingerprint density at radius 3 is 1.03 bits per heavy atom. The van der Waals surface area contributed by atoms with Crippen molar-refractivity contribution in [1.29, 1.82) is 0 Å². The van der Waals surface area contributed by atoms with E-state index in [1.54, 1.807) is 72.8 Å². The molecular formula is C32H24O6. The lowest BCUT2D eigenvalue weighted by Gasteiger charge is -2.51. The Labute approximate surface area is 219 Å². The summed E-state index contributed by atoms with van der Waals surface area (Å²) >= 11 is 0. The first-order chi connectivity index (χ1) is 18.4. The molecule has 0 heterocycles. The smallest absolute Gasteiger partial charge is 0.335 e. The molecule has 5 rings (SSSR count). The molecule has 1 aliphatic carbocycles. The summed E-state index contributed by atoms with van der Waals surface area (Å²) in [6.07, 6.45) is 0. The number of carbonyl (C=O) groups excluding carboxylic acids is 2. The molecule has 0 amide bonds. The highest BCUT2D eigenvalue weighted by molar-refractivity contribution is 6.07. The Kier molecular flexibility index (Phi) is 6.71. The SMILES string of the molecule is O=C(O)c1ccc(C2[C@@H](C(=O)c3ccccc3)C(C(=O)c3ccccc3)[C@H]2c2ccc(C(=O)O)cc2)cc1. The fraction of sp³-hybridized carbons (Fsp3) is 0.125. The molecule has 0 aromatic heterocycles. The summed E-state index contributed by atoms with van der Waals surface area (Å²) in [5.74, 6) is -4.65. The van der Waals surface area contributed by atoms with Crippen molar-refractivity contribution in [2.75, 3.05) is 0 Å². The molecule has 0 radical (unpaired) electrons. The van der Waals surface area contributed by atoms with Gasteiger partial charge in [-0.05, 0) is 35.4 Å². The third-order valence-corrected chi connectivity index (χ3v) is 7.35. The Morgan fingerprint density at radius 2 is 0.737 bits per heavy atom. The minimum absolute atomic E-state index is 0.123. The number of Topliss-reactive ketones (excluding diaryl/α,β-unsaturated/α-hetero) is 2. The number of hydrogen-bond donors (Lipinski definition) is 2. The fourth-order valence-electron chi connectivity index (χ4n) is 5.52. The molecule has 6 nitrogen and oxygen atoms in total. The molecule has 188 valence electrons. The first kappa shape index (κ1) is 24.8. The van der Waals surface area contributed by atoms with Gasteiger partial charge < -0.3 is 10.2 Å². The van der Waals surface area contributed by atoms with Crippen LogP contribution in [-0.4, -0.2) is 33.7 Å². The zero-order valence-corrected chi connectivity index (χ0v) is 20.2. The second-order valence-corrected chi connectivity index (χ2v) is 9.42. The van der Waals surface area contributed by atoms with Crippen LogP contribution in [0.1, 0.15) is 64.4 Å². The molecule has 1 fully saturated rings. The van der Waals surface area contributed by atoms with Crippen LogP contribution < -0.4 is 0 Å². The van der Waals surface area contributed by atoms with Gasteiger partial charge >= 0.3 is 11.9 Å². The first-order valence-electron chi connectivity index (χ1n) is 12.2. The number of carboxylic acids is 2. The number of hydrogen-bond acceptors (Lipinski definition) is 4. The van der Waals surface area contributed by atoms with E-state index in [9.17, 15) is 29.4 Å². The monoisotopic (exact) mass is 504 g/mol. The molecule has 6 heteroatoms. The maximum atomic E-state index is 13.9. The predicted octanol–water partition coefficient (Wildman–Crippen LogP) is 5.96. The molecule has 0 bridgehead atoms. The number of carboxylic acid groups (broad SMARTS) is 2. The van der Waals surface area contributed by atoms with Crippen LogP contribution in [0.2, 0.25) is 0 Å². The summed E-state index contributed by atoms with van der Waals surface area (Å²) in [5.41, 5.74) is 2.73. The lowest BCUT2D eigenvalue weighted by atomic mass is 9.49. The molecule has 4 atom stereocenters. The van der Waals surface area contributed by atoms with E-state index in [1.807, 2.05) is 12.1 Å². The van der Waals surface area contributed by atoms with E-state index in [0.717, 1.165) is 11.1 Å². The van der Waals surface area contributed by atoms with Crippen LogP contribution in [0.3, 0.4) is 0 Å². The molecule has 1 aliphatic rings. The minimum atomic E-state index is -1.06. The van der Waals surface area contributed by atoms with Crippen molar-refractivity contribution in [3.05, 3.63) is 143 Å². The lowest BCUT2D eigenvalue weighted by molar-refractivity contribution is 0.0456. The quantitative estimate of drug-likeness (QED) is 0.287. The fourth-order valence-corrected chi connectivity index (χ4v) is 5.52. The Balaban J connectivity index is 1.65. The molecule has 0 spiro atoms. The van der Waals surface area contributed by atoms with E-state index >= 15 is 0 Å². The van der Waals surface area contributed by atoms with Gasteiger partial charge in [0.1, 0.15) is 0 Å². The first-order valence-corrected chi connectivity index (χ1v) is 12.2. The number of benzene rings is 4. The van der Waals surface area contributed by atoms with Gasteiger partial charge in [0, 0.05) is 34.8 Å². The molecule has 2 N–H and O–H groups in total. The van der Waals surface area contributed by atoms with Crippen LogP contribution in [0.5, 0.6) is 0 Å². The Morgan fingerprint density at radius 1 is 0.421 bits per heavy atom. The van der Waals surface area contributed by atoms with Crippen molar-refractivity contribution < 1.29 is 29.4 Å². The third-order valence-electron chi connectivity index (χ3n) is 7.35. The highest BCUT2D eigenvalue weighted by Crippen LogP contribution is 2.59. The number of ketones is 2. The van der Waals surface area contributed by atoms with Crippen molar-refractivity contribution in [1.82, 2.24) is 0 Å². The topological polar surface area (TPSA) is 109 Å². The Bertz CT molecular complexity index is 1370. The van der Waals surface area contributed by atoms with Gasteiger partial charge in [0.15, 0.2) is 11.6 Å². The van der Waals surface area contributed by atoms with Gasteiger partial charge in [-0.15, -0.1) is 0 Å². The average molecular weight is 505 g/mol. The van der Waals surface area contributed by atoms with Crippen molar-refractivity contribution in [3.8, 4) is 0 Å². The molecular weight excluding hydrogens is 480 g/mol. The number of rotatable bonds is 8. The second-order valence-electron chi connectivity index (χ2n) is 9.42. The summed E-state index contributed by atoms with van der Waals surface area (Å²) in [4.78, 5) is 50.8. The highest BCUT2D eigenvalue weighted by atomic mass is 16.4. The van der Waals surface area contributed by atoms with Crippen LogP contribution in [0.15, 0.2) is 109 Å². The van der Waals surface area contributed by atoms with E-state index < -0.39 is 35.6 Å². The highest BCUT2D eigenvalue weighted by Gasteiger charge is 2.57. The second kappa shape index (κ2) is 10.3. The summed E-state index contributed by atoms with van der Waals surface area (Å²) < 4.78 is 0. The van der Waals surface area contributed by atoms with Gasteiger partial charge in [0.2, 0.25) is 0 Å². The van der Waals surface area contributed by atoms with Gasteiger partial charge in [-0.2, -0.15) is 0 Å². The van der Waals surface area contributed by atoms with E-state index in [1.165, 1.54) is 24.3 Å².